The summed E-state index contributed by atoms with van der Waals surface area (Å²) in [5.41, 5.74) is 6.69. The van der Waals surface area contributed by atoms with Crippen LogP contribution in [-0.4, -0.2) is 24.0 Å². The van der Waals surface area contributed by atoms with Crippen molar-refractivity contribution in [1.82, 2.24) is 5.43 Å². The fourth-order valence-electron chi connectivity index (χ4n) is 1.37. The predicted octanol–water partition coefficient (Wildman–Crippen LogP) is 0.326. The summed E-state index contributed by atoms with van der Waals surface area (Å²) in [6, 6.07) is 1.76. The number of primary amides is 1. The van der Waals surface area contributed by atoms with Gasteiger partial charge in [0.1, 0.15) is 0 Å². The molecule has 0 atom stereocenters. The number of nitro benzene ring substituents is 1. The van der Waals surface area contributed by atoms with E-state index in [9.17, 15) is 14.9 Å². The van der Waals surface area contributed by atoms with Crippen molar-refractivity contribution in [3.05, 3.63) is 27.8 Å². The number of carbonyl (C=O) groups excluding carboxylic acids is 1. The monoisotopic (exact) mass is 252 g/mol. The summed E-state index contributed by atoms with van der Waals surface area (Å²) in [7, 11) is 0. The third-order valence-electron chi connectivity index (χ3n) is 2.10. The molecule has 0 unspecified atom stereocenters. The van der Waals surface area contributed by atoms with Gasteiger partial charge in [-0.15, -0.1) is 0 Å². The van der Waals surface area contributed by atoms with Crippen LogP contribution in [-0.2, 0) is 0 Å². The van der Waals surface area contributed by atoms with Gasteiger partial charge in [0.25, 0.3) is 5.69 Å². The molecule has 0 spiro atoms. The minimum absolute atomic E-state index is 0.00657. The Hall–Kier alpha value is -2.84. The fraction of sp³-hybridized carbons (Fsp3) is 0.111. The van der Waals surface area contributed by atoms with E-state index in [0.29, 0.717) is 11.5 Å². The molecule has 9 heteroatoms. The van der Waals surface area contributed by atoms with Crippen molar-refractivity contribution in [3.63, 3.8) is 0 Å². The van der Waals surface area contributed by atoms with E-state index in [4.69, 9.17) is 15.2 Å². The average Bonchev–Trinajstić information content (AvgIpc) is 2.74. The maximum absolute atomic E-state index is 10.9. The Morgan fingerprint density at radius 1 is 1.50 bits per heavy atom. The third kappa shape index (κ3) is 2.29. The number of ether oxygens (including phenoxy) is 2. The first kappa shape index (κ1) is 11.6. The Bertz CT molecular complexity index is 542. The van der Waals surface area contributed by atoms with Crippen molar-refractivity contribution in [3.8, 4) is 11.5 Å². The van der Waals surface area contributed by atoms with Crippen molar-refractivity contribution >= 4 is 17.9 Å². The summed E-state index contributed by atoms with van der Waals surface area (Å²) < 4.78 is 10.1. The second-order valence-electron chi connectivity index (χ2n) is 3.26. The zero-order chi connectivity index (χ0) is 13.1. The van der Waals surface area contributed by atoms with Gasteiger partial charge in [-0.25, -0.2) is 10.2 Å². The number of amides is 2. The first-order valence-electron chi connectivity index (χ1n) is 4.74. The first-order chi connectivity index (χ1) is 8.58. The molecule has 1 aromatic rings. The minimum atomic E-state index is -0.866. The molecule has 0 aromatic heterocycles. The molecule has 0 saturated carbocycles. The van der Waals surface area contributed by atoms with Crippen LogP contribution in [0.5, 0.6) is 11.5 Å². The maximum Gasteiger partial charge on any atom is 0.332 e. The van der Waals surface area contributed by atoms with Crippen molar-refractivity contribution in [2.75, 3.05) is 6.79 Å². The highest BCUT2D eigenvalue weighted by molar-refractivity contribution is 5.87. The zero-order valence-corrected chi connectivity index (χ0v) is 8.95. The molecule has 1 aromatic carbocycles. The van der Waals surface area contributed by atoms with Gasteiger partial charge in [0.15, 0.2) is 11.5 Å². The molecule has 2 rings (SSSR count). The molecule has 0 aliphatic carbocycles. The number of nitrogens with one attached hydrogen (secondary N) is 1. The Balaban J connectivity index is 2.35. The molecule has 9 nitrogen and oxygen atoms in total. The number of urea groups is 1. The van der Waals surface area contributed by atoms with E-state index in [1.165, 1.54) is 12.1 Å². The zero-order valence-electron chi connectivity index (χ0n) is 8.95. The van der Waals surface area contributed by atoms with Crippen LogP contribution in [0.4, 0.5) is 10.5 Å². The molecule has 0 bridgehead atoms. The van der Waals surface area contributed by atoms with E-state index < -0.39 is 11.0 Å². The highest BCUT2D eigenvalue weighted by atomic mass is 16.7. The lowest BCUT2D eigenvalue weighted by Crippen LogP contribution is -2.24. The number of nitrogens with zero attached hydrogens (tertiary/aromatic N) is 2. The molecular weight excluding hydrogens is 244 g/mol. The van der Waals surface area contributed by atoms with Gasteiger partial charge >= 0.3 is 6.03 Å². The smallest absolute Gasteiger partial charge is 0.332 e. The van der Waals surface area contributed by atoms with Crippen LogP contribution in [0.15, 0.2) is 17.2 Å². The van der Waals surface area contributed by atoms with Crippen LogP contribution < -0.4 is 20.6 Å². The molecule has 1 heterocycles. The van der Waals surface area contributed by atoms with Gasteiger partial charge in [-0.05, 0) is 6.07 Å². The second kappa shape index (κ2) is 4.57. The highest BCUT2D eigenvalue weighted by Crippen LogP contribution is 2.37. The van der Waals surface area contributed by atoms with Crippen LogP contribution >= 0.6 is 0 Å². The second-order valence-corrected chi connectivity index (χ2v) is 3.26. The van der Waals surface area contributed by atoms with Gasteiger partial charge in [0.2, 0.25) is 6.79 Å². The lowest BCUT2D eigenvalue weighted by molar-refractivity contribution is -0.385. The third-order valence-corrected chi connectivity index (χ3v) is 2.10. The summed E-state index contributed by atoms with van der Waals surface area (Å²) in [6.07, 6.45) is 1.10. The molecule has 18 heavy (non-hydrogen) atoms. The van der Waals surface area contributed by atoms with E-state index in [1.807, 2.05) is 5.43 Å². The van der Waals surface area contributed by atoms with Crippen LogP contribution in [0.2, 0.25) is 0 Å². The number of nitrogens with two attached hydrogens (primary N) is 1. The number of fused-ring (bicyclic) bond motifs is 1. The van der Waals surface area contributed by atoms with Crippen molar-refractivity contribution in [2.45, 2.75) is 0 Å². The van der Waals surface area contributed by atoms with Gasteiger partial charge in [-0.3, -0.25) is 10.1 Å². The van der Waals surface area contributed by atoms with Crippen molar-refractivity contribution in [1.29, 1.82) is 0 Å². The Morgan fingerprint density at radius 3 is 2.78 bits per heavy atom. The number of hydrogen-bond acceptors (Lipinski definition) is 6. The number of hydrazone groups is 1. The van der Waals surface area contributed by atoms with Gasteiger partial charge in [-0.1, -0.05) is 0 Å². The van der Waals surface area contributed by atoms with Gasteiger partial charge < -0.3 is 15.2 Å². The molecule has 94 valence electrons. The van der Waals surface area contributed by atoms with Crippen LogP contribution in [0, 0.1) is 10.1 Å². The first-order valence-corrected chi connectivity index (χ1v) is 4.74. The highest BCUT2D eigenvalue weighted by Gasteiger charge is 2.22. The lowest BCUT2D eigenvalue weighted by atomic mass is 10.1. The SMILES string of the molecule is NC(=O)N/N=C/c1cc2c(cc1[N+](=O)[O-])OCO2. The van der Waals surface area contributed by atoms with Crippen LogP contribution in [0.25, 0.3) is 0 Å². The van der Waals surface area contributed by atoms with E-state index in [2.05, 4.69) is 5.10 Å². The van der Waals surface area contributed by atoms with Gasteiger partial charge in [0, 0.05) is 0 Å². The summed E-state index contributed by atoms with van der Waals surface area (Å²) in [5, 5.41) is 14.3. The Labute approximate surface area is 100 Å². The van der Waals surface area contributed by atoms with E-state index in [-0.39, 0.29) is 18.0 Å². The summed E-state index contributed by atoms with van der Waals surface area (Å²) >= 11 is 0. The average molecular weight is 252 g/mol. The Morgan fingerprint density at radius 2 is 2.17 bits per heavy atom. The fourth-order valence-corrected chi connectivity index (χ4v) is 1.37. The van der Waals surface area contributed by atoms with Gasteiger partial charge in [-0.2, -0.15) is 5.10 Å². The molecule has 0 fully saturated rings. The van der Waals surface area contributed by atoms with Crippen LogP contribution in [0.3, 0.4) is 0 Å². The van der Waals surface area contributed by atoms with E-state index in [1.54, 1.807) is 0 Å². The minimum Gasteiger partial charge on any atom is -0.454 e. The quantitative estimate of drug-likeness (QED) is 0.454. The topological polar surface area (TPSA) is 129 Å². The normalized spacial score (nSPS) is 12.7. The summed E-state index contributed by atoms with van der Waals surface area (Å²) in [4.78, 5) is 20.7. The van der Waals surface area contributed by atoms with Crippen molar-refractivity contribution < 1.29 is 19.2 Å². The molecule has 2 amide bonds. The molecule has 3 N–H and O–H groups in total. The maximum atomic E-state index is 10.9. The molecule has 1 aliphatic heterocycles. The number of hydrogen-bond donors (Lipinski definition) is 2. The largest absolute Gasteiger partial charge is 0.454 e. The predicted molar refractivity (Wildman–Crippen MR) is 59.5 cm³/mol. The lowest BCUT2D eigenvalue weighted by Gasteiger charge is -2.00. The molecule has 0 saturated heterocycles. The number of nitro groups is 1. The Kier molecular flexibility index (Phi) is 2.96. The molecule has 0 radical (unpaired) electrons. The van der Waals surface area contributed by atoms with Gasteiger partial charge in [0.05, 0.1) is 22.8 Å². The number of benzene rings is 1. The van der Waals surface area contributed by atoms with Crippen molar-refractivity contribution in [2.24, 2.45) is 10.8 Å². The van der Waals surface area contributed by atoms with Crippen LogP contribution in [0.1, 0.15) is 5.56 Å². The standard InChI is InChI=1S/C9H8N4O5/c10-9(14)12-11-3-5-1-7-8(18-4-17-7)2-6(5)13(15)16/h1-3H,4H2,(H3,10,12,14)/b11-3+. The summed E-state index contributed by atoms with van der Waals surface area (Å²) in [6.45, 7) is 0.00657. The van der Waals surface area contributed by atoms with E-state index >= 15 is 0 Å². The van der Waals surface area contributed by atoms with E-state index in [0.717, 1.165) is 6.21 Å². The molecule has 1 aliphatic rings. The molecular formula is C9H8N4O5. The summed E-state index contributed by atoms with van der Waals surface area (Å²) in [5.74, 6) is 0.669. The number of carbonyl (C=O) groups is 1. The number of rotatable bonds is 3.